The van der Waals surface area contributed by atoms with Gasteiger partial charge in [-0.15, -0.1) is 0 Å². The first-order valence-corrected chi connectivity index (χ1v) is 5.16. The number of rotatable bonds is 4. The summed E-state index contributed by atoms with van der Waals surface area (Å²) in [4.78, 5) is 10.9. The van der Waals surface area contributed by atoms with E-state index in [2.05, 4.69) is 0 Å². The number of carbonyl (C=O) groups is 1. The van der Waals surface area contributed by atoms with Gasteiger partial charge in [0.15, 0.2) is 0 Å². The molecule has 1 aromatic carbocycles. The Morgan fingerprint density at radius 2 is 1.67 bits per heavy atom. The number of hydrogen-bond acceptors (Lipinski definition) is 2. The van der Waals surface area contributed by atoms with Gasteiger partial charge in [-0.3, -0.25) is 4.79 Å². The van der Waals surface area contributed by atoms with Crippen LogP contribution in [0.4, 0.5) is 0 Å². The Morgan fingerprint density at radius 3 is 2.07 bits per heavy atom. The van der Waals surface area contributed by atoms with Gasteiger partial charge in [-0.2, -0.15) is 0 Å². The quantitative estimate of drug-likeness (QED) is 0.819. The average Bonchev–Trinajstić information content (AvgIpc) is 2.05. The maximum absolute atomic E-state index is 10.9. The summed E-state index contributed by atoms with van der Waals surface area (Å²) in [7, 11) is 0. The molecule has 2 nitrogen and oxygen atoms in total. The molecule has 0 spiro atoms. The van der Waals surface area contributed by atoms with Gasteiger partial charge < -0.3 is 5.11 Å². The van der Waals surface area contributed by atoms with Crippen LogP contribution in [0.25, 0.3) is 0 Å². The molecule has 0 aliphatic carbocycles. The number of aliphatic hydroxyl groups is 1. The first-order valence-electron chi connectivity index (χ1n) is 5.16. The maximum Gasteiger partial charge on any atom is 0.134 e. The van der Waals surface area contributed by atoms with Crippen molar-refractivity contribution in [1.29, 1.82) is 0 Å². The second kappa shape index (κ2) is 4.58. The molecular weight excluding hydrogens is 188 g/mol. The highest BCUT2D eigenvalue weighted by molar-refractivity contribution is 5.78. The molecule has 2 heteroatoms. The van der Waals surface area contributed by atoms with Crippen LogP contribution in [0.5, 0.6) is 0 Å². The highest BCUT2D eigenvalue weighted by atomic mass is 16.3. The predicted octanol–water partition coefficient (Wildman–Crippen LogP) is 2.13. The predicted molar refractivity (Wildman–Crippen MR) is 60.8 cm³/mol. The van der Waals surface area contributed by atoms with Crippen LogP contribution in [0.3, 0.4) is 0 Å². The summed E-state index contributed by atoms with van der Waals surface area (Å²) in [6.07, 6.45) is 1.12. The normalized spacial score (nSPS) is 11.5. The van der Waals surface area contributed by atoms with Crippen molar-refractivity contribution in [2.45, 2.75) is 39.2 Å². The van der Waals surface area contributed by atoms with E-state index in [0.717, 1.165) is 11.1 Å². The van der Waals surface area contributed by atoms with Crippen molar-refractivity contribution in [2.75, 3.05) is 0 Å². The van der Waals surface area contributed by atoms with E-state index in [-0.39, 0.29) is 5.78 Å². The van der Waals surface area contributed by atoms with Crippen LogP contribution < -0.4 is 0 Å². The van der Waals surface area contributed by atoms with Crippen molar-refractivity contribution in [3.63, 3.8) is 0 Å². The Bertz CT molecular complexity index is 331. The molecule has 0 aromatic heterocycles. The lowest BCUT2D eigenvalue weighted by atomic mass is 9.97. The van der Waals surface area contributed by atoms with E-state index in [1.165, 1.54) is 0 Å². The standard InChI is InChI=1S/C13H18O2/c1-10(14)8-11-4-6-12(7-5-11)9-13(2,3)15/h4-7,15H,8-9H2,1-3H3. The Hall–Kier alpha value is -1.15. The first-order chi connectivity index (χ1) is 6.87. The second-order valence-electron chi connectivity index (χ2n) is 4.68. The Balaban J connectivity index is 2.68. The molecule has 1 aromatic rings. The topological polar surface area (TPSA) is 37.3 Å². The van der Waals surface area contributed by atoms with Gasteiger partial charge in [0.1, 0.15) is 5.78 Å². The lowest BCUT2D eigenvalue weighted by Crippen LogP contribution is -2.21. The van der Waals surface area contributed by atoms with Crippen molar-refractivity contribution in [3.05, 3.63) is 35.4 Å². The molecular formula is C13H18O2. The molecule has 0 fully saturated rings. The van der Waals surface area contributed by atoms with Crippen LogP contribution in [0.2, 0.25) is 0 Å². The van der Waals surface area contributed by atoms with Gasteiger partial charge in [-0.05, 0) is 31.9 Å². The molecule has 0 aliphatic heterocycles. The van der Waals surface area contributed by atoms with E-state index >= 15 is 0 Å². The highest BCUT2D eigenvalue weighted by Gasteiger charge is 2.12. The molecule has 0 bridgehead atoms. The maximum atomic E-state index is 10.9. The summed E-state index contributed by atoms with van der Waals surface area (Å²) in [6.45, 7) is 5.16. The molecule has 0 atom stereocenters. The van der Waals surface area contributed by atoms with Crippen LogP contribution in [-0.2, 0) is 17.6 Å². The lowest BCUT2D eigenvalue weighted by molar-refractivity contribution is -0.116. The molecule has 0 amide bonds. The van der Waals surface area contributed by atoms with E-state index in [9.17, 15) is 9.90 Å². The molecule has 0 unspecified atom stereocenters. The monoisotopic (exact) mass is 206 g/mol. The van der Waals surface area contributed by atoms with Gasteiger partial charge in [0.25, 0.3) is 0 Å². The molecule has 0 aliphatic rings. The van der Waals surface area contributed by atoms with E-state index in [1.807, 2.05) is 24.3 Å². The molecule has 0 heterocycles. The third-order valence-corrected chi connectivity index (χ3v) is 2.11. The van der Waals surface area contributed by atoms with Gasteiger partial charge in [0, 0.05) is 12.8 Å². The summed E-state index contributed by atoms with van der Waals surface area (Å²) in [5.41, 5.74) is 1.44. The molecule has 1 rings (SSSR count). The third-order valence-electron chi connectivity index (χ3n) is 2.11. The SMILES string of the molecule is CC(=O)Cc1ccc(CC(C)(C)O)cc1. The minimum Gasteiger partial charge on any atom is -0.390 e. The number of ketones is 1. The Kier molecular flexibility index (Phi) is 3.64. The van der Waals surface area contributed by atoms with Crippen molar-refractivity contribution in [2.24, 2.45) is 0 Å². The van der Waals surface area contributed by atoms with E-state index in [1.54, 1.807) is 20.8 Å². The lowest BCUT2D eigenvalue weighted by Gasteiger charge is -2.16. The van der Waals surface area contributed by atoms with E-state index in [4.69, 9.17) is 0 Å². The average molecular weight is 206 g/mol. The van der Waals surface area contributed by atoms with Gasteiger partial charge in [-0.1, -0.05) is 24.3 Å². The summed E-state index contributed by atoms with van der Waals surface area (Å²) in [5, 5.41) is 9.63. The zero-order valence-electron chi connectivity index (χ0n) is 9.58. The fraction of sp³-hybridized carbons (Fsp3) is 0.462. The van der Waals surface area contributed by atoms with Crippen molar-refractivity contribution in [1.82, 2.24) is 0 Å². The van der Waals surface area contributed by atoms with Crippen molar-refractivity contribution in [3.8, 4) is 0 Å². The molecule has 1 N–H and O–H groups in total. The fourth-order valence-electron chi connectivity index (χ4n) is 1.56. The zero-order valence-corrected chi connectivity index (χ0v) is 9.58. The van der Waals surface area contributed by atoms with Crippen LogP contribution in [0.15, 0.2) is 24.3 Å². The summed E-state index contributed by atoms with van der Waals surface area (Å²) < 4.78 is 0. The Morgan fingerprint density at radius 1 is 1.20 bits per heavy atom. The first kappa shape index (κ1) is 11.9. The van der Waals surface area contributed by atoms with E-state index < -0.39 is 5.60 Å². The Labute approximate surface area is 90.9 Å². The summed E-state index contributed by atoms with van der Waals surface area (Å²) in [5.74, 6) is 0.172. The van der Waals surface area contributed by atoms with Gasteiger partial charge in [0.05, 0.1) is 5.60 Å². The number of benzene rings is 1. The van der Waals surface area contributed by atoms with Gasteiger partial charge >= 0.3 is 0 Å². The summed E-state index contributed by atoms with van der Waals surface area (Å²) in [6, 6.07) is 7.83. The molecule has 15 heavy (non-hydrogen) atoms. The van der Waals surface area contributed by atoms with Crippen molar-refractivity contribution < 1.29 is 9.90 Å². The molecule has 82 valence electrons. The van der Waals surface area contributed by atoms with E-state index in [0.29, 0.717) is 12.8 Å². The number of Topliss-reactive ketones (excluding diaryl/α,β-unsaturated/α-hetero) is 1. The van der Waals surface area contributed by atoms with Crippen LogP contribution >= 0.6 is 0 Å². The minimum absolute atomic E-state index is 0.172. The van der Waals surface area contributed by atoms with Crippen LogP contribution in [0.1, 0.15) is 31.9 Å². The molecule has 0 saturated carbocycles. The van der Waals surface area contributed by atoms with Crippen LogP contribution in [0, 0.1) is 0 Å². The smallest absolute Gasteiger partial charge is 0.134 e. The molecule has 0 saturated heterocycles. The van der Waals surface area contributed by atoms with Crippen LogP contribution in [-0.4, -0.2) is 16.5 Å². The number of carbonyl (C=O) groups excluding carboxylic acids is 1. The third kappa shape index (κ3) is 4.75. The second-order valence-corrected chi connectivity index (χ2v) is 4.68. The fourth-order valence-corrected chi connectivity index (χ4v) is 1.56. The van der Waals surface area contributed by atoms with Crippen molar-refractivity contribution >= 4 is 5.78 Å². The largest absolute Gasteiger partial charge is 0.390 e. The molecule has 0 radical (unpaired) electrons. The van der Waals surface area contributed by atoms with Gasteiger partial charge in [-0.25, -0.2) is 0 Å². The minimum atomic E-state index is -0.678. The zero-order chi connectivity index (χ0) is 11.5. The number of hydrogen-bond donors (Lipinski definition) is 1. The highest BCUT2D eigenvalue weighted by Crippen LogP contribution is 2.13. The van der Waals surface area contributed by atoms with Gasteiger partial charge in [0.2, 0.25) is 0 Å². The summed E-state index contributed by atoms with van der Waals surface area (Å²) >= 11 is 0.